The van der Waals surface area contributed by atoms with E-state index in [0.29, 0.717) is 50.2 Å². The van der Waals surface area contributed by atoms with E-state index >= 15 is 0 Å². The highest BCUT2D eigenvalue weighted by atomic mass is 16.5. The van der Waals surface area contributed by atoms with Gasteiger partial charge in [0.15, 0.2) is 0 Å². The summed E-state index contributed by atoms with van der Waals surface area (Å²) in [7, 11) is 7.00. The fourth-order valence-electron chi connectivity index (χ4n) is 9.83. The van der Waals surface area contributed by atoms with Gasteiger partial charge in [-0.05, 0) is 117 Å². The first-order valence-corrected chi connectivity index (χ1v) is 24.8. The number of hydrogen-bond donors (Lipinski definition) is 4. The van der Waals surface area contributed by atoms with Crippen LogP contribution in [-0.4, -0.2) is 132 Å². The fourth-order valence-corrected chi connectivity index (χ4v) is 9.83. The van der Waals surface area contributed by atoms with Gasteiger partial charge in [0.05, 0.1) is 30.8 Å². The number of nitrogens with zero attached hydrogens (tertiary/aromatic N) is 5. The Kier molecular flexibility index (Phi) is 17.0. The molecule has 3 aromatic carbocycles. The molecule has 2 aliphatic rings. The fraction of sp³-hybridized carbons (Fsp3) is 0.429. The van der Waals surface area contributed by atoms with Crippen LogP contribution in [0.1, 0.15) is 74.6 Å². The first-order chi connectivity index (χ1) is 34.4. The number of phenolic OH excluding ortho intramolecular Hbond substituents is 1. The van der Waals surface area contributed by atoms with Crippen LogP contribution in [0.5, 0.6) is 5.75 Å². The number of phenols is 1. The molecule has 0 saturated carbocycles. The van der Waals surface area contributed by atoms with E-state index in [1.165, 1.54) is 35.3 Å². The van der Waals surface area contributed by atoms with Gasteiger partial charge in [0, 0.05) is 68.2 Å². The zero-order chi connectivity index (χ0) is 51.9. The third-order valence-electron chi connectivity index (χ3n) is 13.3. The van der Waals surface area contributed by atoms with E-state index in [0.717, 1.165) is 50.8 Å². The second-order valence-electron chi connectivity index (χ2n) is 20.3. The van der Waals surface area contributed by atoms with Gasteiger partial charge in [-0.15, -0.1) is 0 Å². The SMILES string of the molecule is CCn1c(-c2ccccc2CCOC)c2c3cc(ccc31)-c1cc(O)cc(c1)C[C@H](NC(=O)[C@H](C(C)C)N(C)C(=O)c1ccc(NC(=O)/C=C/CN(C)C)cn1)C(=O)N1CCC[C@H](N1)C(=O)OCC(C)(C)C2. The molecule has 7 rings (SSSR count). The number of carbonyl (C=O) groups is 5. The van der Waals surface area contributed by atoms with Crippen molar-refractivity contribution in [2.45, 2.75) is 91.4 Å². The molecule has 16 heteroatoms. The second-order valence-corrected chi connectivity index (χ2v) is 20.3. The topological polar surface area (TPSA) is 188 Å². The molecule has 6 bridgehead atoms. The molecule has 2 aliphatic heterocycles. The van der Waals surface area contributed by atoms with Gasteiger partial charge in [0.2, 0.25) is 11.8 Å². The molecule has 1 fully saturated rings. The van der Waals surface area contributed by atoms with Crippen LogP contribution in [0.15, 0.2) is 91.1 Å². The molecule has 72 heavy (non-hydrogen) atoms. The zero-order valence-electron chi connectivity index (χ0n) is 43.1. The van der Waals surface area contributed by atoms with Crippen LogP contribution in [0.3, 0.4) is 0 Å². The molecule has 0 spiro atoms. The number of cyclic esters (lactones) is 1. The molecule has 4 N–H and O–H groups in total. The smallest absolute Gasteiger partial charge is 0.324 e. The monoisotopic (exact) mass is 983 g/mol. The molecule has 0 aliphatic carbocycles. The number of esters is 1. The average molecular weight is 983 g/mol. The summed E-state index contributed by atoms with van der Waals surface area (Å²) in [6, 6.07) is 19.9. The van der Waals surface area contributed by atoms with Gasteiger partial charge in [0.25, 0.3) is 11.8 Å². The number of pyridine rings is 1. The molecular formula is C56H70N8O8. The van der Waals surface area contributed by atoms with Crippen LogP contribution < -0.4 is 16.1 Å². The summed E-state index contributed by atoms with van der Waals surface area (Å²) in [5, 5.41) is 19.5. The maximum atomic E-state index is 14.8. The Hall–Kier alpha value is -6.88. The van der Waals surface area contributed by atoms with Crippen molar-refractivity contribution in [1.82, 2.24) is 35.1 Å². The van der Waals surface area contributed by atoms with Gasteiger partial charge in [-0.2, -0.15) is 0 Å². The average Bonchev–Trinajstić information content (AvgIpc) is 3.65. The molecule has 0 unspecified atom stereocenters. The van der Waals surface area contributed by atoms with Gasteiger partial charge >= 0.3 is 5.97 Å². The quantitative estimate of drug-likeness (QED) is 0.0679. The van der Waals surface area contributed by atoms with Crippen LogP contribution in [0.25, 0.3) is 33.3 Å². The second kappa shape index (κ2) is 23.1. The van der Waals surface area contributed by atoms with Crippen molar-refractivity contribution < 1.29 is 38.6 Å². The van der Waals surface area contributed by atoms with Crippen LogP contribution in [0, 0.1) is 11.3 Å². The Balaban J connectivity index is 1.25. The third-order valence-corrected chi connectivity index (χ3v) is 13.3. The first kappa shape index (κ1) is 52.9. The largest absolute Gasteiger partial charge is 0.508 e. The minimum Gasteiger partial charge on any atom is -0.508 e. The molecule has 382 valence electrons. The Morgan fingerprint density at radius 1 is 1.03 bits per heavy atom. The lowest BCUT2D eigenvalue weighted by atomic mass is 9.83. The summed E-state index contributed by atoms with van der Waals surface area (Å²) >= 11 is 0. The number of hydrogen-bond acceptors (Lipinski definition) is 11. The van der Waals surface area contributed by atoms with Gasteiger partial charge in [-0.3, -0.25) is 29.0 Å². The summed E-state index contributed by atoms with van der Waals surface area (Å²) in [6.45, 7) is 12.2. The molecule has 3 atom stereocenters. The number of hydrazine groups is 1. The van der Waals surface area contributed by atoms with Crippen molar-refractivity contribution in [3.8, 4) is 28.1 Å². The van der Waals surface area contributed by atoms with E-state index in [1.54, 1.807) is 45.2 Å². The Bertz CT molecular complexity index is 2820. The number of aromatic hydroxyl groups is 1. The van der Waals surface area contributed by atoms with E-state index in [-0.39, 0.29) is 36.9 Å². The summed E-state index contributed by atoms with van der Waals surface area (Å²) in [5.41, 5.74) is 10.7. The summed E-state index contributed by atoms with van der Waals surface area (Å²) in [6.07, 6.45) is 6.73. The van der Waals surface area contributed by atoms with Crippen molar-refractivity contribution in [2.24, 2.45) is 11.3 Å². The van der Waals surface area contributed by atoms with Crippen LogP contribution in [0.4, 0.5) is 5.69 Å². The highest BCUT2D eigenvalue weighted by Crippen LogP contribution is 2.41. The molecule has 5 aromatic rings. The Morgan fingerprint density at radius 3 is 2.51 bits per heavy atom. The molecule has 16 nitrogen and oxygen atoms in total. The Morgan fingerprint density at radius 2 is 1.81 bits per heavy atom. The van der Waals surface area contributed by atoms with Crippen molar-refractivity contribution in [3.05, 3.63) is 114 Å². The molecule has 4 heterocycles. The lowest BCUT2D eigenvalue weighted by Gasteiger charge is -2.36. The van der Waals surface area contributed by atoms with Crippen molar-refractivity contribution in [3.63, 3.8) is 0 Å². The summed E-state index contributed by atoms with van der Waals surface area (Å²) in [4.78, 5) is 77.3. The summed E-state index contributed by atoms with van der Waals surface area (Å²) in [5.74, 6) is -2.87. The lowest BCUT2D eigenvalue weighted by Crippen LogP contribution is -2.62. The number of aryl methyl sites for hydroxylation is 1. The normalized spacial score (nSPS) is 17.7. The number of amides is 4. The summed E-state index contributed by atoms with van der Waals surface area (Å²) < 4.78 is 14.0. The standard InChI is InChI=1S/C56H70N8O8/c1-10-63-48-22-19-38-31-43(48)44(51(63)42-16-12-11-15-37(42)23-26-71-9)32-56(4,5)34-72-55(70)46-17-13-25-64(60-46)54(69)47(29-36-27-39(38)30-41(65)28-36)59-52(67)50(35(2)3)62(8)53(68)45-21-20-40(33-57-45)58-49(66)18-14-24-61(6)7/h11-12,14-16,18-22,27-28,30-31,33,35,46-47,50,60,65H,10,13,17,23-26,29,32,34H2,1-9H3,(H,58,66)(H,59,67)/b18-14+/t46-,47-,50-/m0/s1. The molecule has 1 saturated heterocycles. The van der Waals surface area contributed by atoms with Gasteiger partial charge in [0.1, 0.15) is 29.6 Å². The molecule has 2 aromatic heterocycles. The number of aromatic nitrogens is 2. The van der Waals surface area contributed by atoms with Gasteiger partial charge < -0.3 is 39.6 Å². The van der Waals surface area contributed by atoms with E-state index < -0.39 is 53.1 Å². The van der Waals surface area contributed by atoms with Crippen molar-refractivity contribution in [1.29, 1.82) is 0 Å². The maximum absolute atomic E-state index is 14.8. The number of likely N-dealkylation sites (N-methyl/N-ethyl adjacent to an activating group) is 2. The number of anilines is 1. The molecular weight excluding hydrogens is 913 g/mol. The Labute approximate surface area is 422 Å². The lowest BCUT2D eigenvalue weighted by molar-refractivity contribution is -0.155. The predicted octanol–water partition coefficient (Wildman–Crippen LogP) is 6.79. The third kappa shape index (κ3) is 12.4. The van der Waals surface area contributed by atoms with E-state index in [4.69, 9.17) is 9.47 Å². The van der Waals surface area contributed by atoms with Gasteiger partial charge in [-0.25, -0.2) is 10.4 Å². The van der Waals surface area contributed by atoms with Crippen LogP contribution in [0.2, 0.25) is 0 Å². The zero-order valence-corrected chi connectivity index (χ0v) is 43.1. The highest BCUT2D eigenvalue weighted by molar-refractivity contribution is 6.00. The molecule has 4 amide bonds. The number of rotatable bonds is 14. The first-order valence-electron chi connectivity index (χ1n) is 24.8. The van der Waals surface area contributed by atoms with Crippen LogP contribution >= 0.6 is 0 Å². The van der Waals surface area contributed by atoms with Crippen molar-refractivity contribution in [2.75, 3.05) is 59.9 Å². The van der Waals surface area contributed by atoms with Gasteiger partial charge in [-0.1, -0.05) is 70.2 Å². The van der Waals surface area contributed by atoms with Crippen LogP contribution in [-0.2, 0) is 54.5 Å². The number of carbonyl (C=O) groups excluding carboxylic acids is 5. The van der Waals surface area contributed by atoms with E-state index in [2.05, 4.69) is 76.7 Å². The molecule has 0 radical (unpaired) electrons. The minimum atomic E-state index is -1.20. The maximum Gasteiger partial charge on any atom is 0.324 e. The number of fused-ring (bicyclic) bond motifs is 6. The number of benzene rings is 3. The van der Waals surface area contributed by atoms with E-state index in [1.807, 2.05) is 37.2 Å². The predicted molar refractivity (Wildman–Crippen MR) is 279 cm³/mol. The highest BCUT2D eigenvalue weighted by Gasteiger charge is 2.38. The van der Waals surface area contributed by atoms with E-state index in [9.17, 15) is 29.1 Å². The number of ether oxygens (including phenoxy) is 2. The van der Waals surface area contributed by atoms with Crippen molar-refractivity contribution >= 4 is 46.2 Å². The number of methoxy groups -OCH3 is 1. The number of nitrogens with one attached hydrogen (secondary N) is 3. The minimum absolute atomic E-state index is 0.0158.